The van der Waals surface area contributed by atoms with E-state index in [1.54, 1.807) is 4.90 Å². The Kier molecular flexibility index (Phi) is 6.33. The number of benzene rings is 1. The number of ether oxygens (including phenoxy) is 1. The Bertz CT molecular complexity index is 1010. The van der Waals surface area contributed by atoms with Crippen LogP contribution in [-0.4, -0.2) is 43.1 Å². The van der Waals surface area contributed by atoms with Gasteiger partial charge in [0.25, 0.3) is 0 Å². The normalized spacial score (nSPS) is 27.3. The Morgan fingerprint density at radius 1 is 1.18 bits per heavy atom. The van der Waals surface area contributed by atoms with E-state index in [4.69, 9.17) is 4.74 Å². The van der Waals surface area contributed by atoms with Gasteiger partial charge in [0.15, 0.2) is 0 Å². The lowest BCUT2D eigenvalue weighted by molar-refractivity contribution is -0.134. The first-order chi connectivity index (χ1) is 16.0. The van der Waals surface area contributed by atoms with Gasteiger partial charge in [-0.25, -0.2) is 13.6 Å². The van der Waals surface area contributed by atoms with Crippen molar-refractivity contribution in [2.75, 3.05) is 18.6 Å². The number of anilines is 1. The van der Waals surface area contributed by atoms with E-state index in [0.29, 0.717) is 56.3 Å². The van der Waals surface area contributed by atoms with Gasteiger partial charge in [-0.2, -0.15) is 0 Å². The van der Waals surface area contributed by atoms with Gasteiger partial charge in [-0.05, 0) is 55.9 Å². The molecule has 0 aromatic heterocycles. The van der Waals surface area contributed by atoms with Crippen LogP contribution in [0, 0.1) is 17.0 Å². The molecule has 2 heterocycles. The number of hydrogen-bond acceptors (Lipinski definition) is 5. The molecule has 1 aromatic carbocycles. The van der Waals surface area contributed by atoms with E-state index in [0.717, 1.165) is 0 Å². The highest BCUT2D eigenvalue weighted by molar-refractivity contribution is 6.02. The second-order valence-electron chi connectivity index (χ2n) is 10.7. The number of alkyl carbamates (subject to hydrolysis) is 1. The zero-order valence-electron chi connectivity index (χ0n) is 20.2. The molecule has 0 unspecified atom stereocenters. The molecule has 1 saturated heterocycles. The molecule has 4 rings (SSSR count). The maximum atomic E-state index is 15.7. The highest BCUT2D eigenvalue weighted by Gasteiger charge is 2.47. The zero-order chi connectivity index (χ0) is 24.8. The fourth-order valence-electron chi connectivity index (χ4n) is 5.90. The summed E-state index contributed by atoms with van der Waals surface area (Å²) in [5.74, 6) is -2.18. The van der Waals surface area contributed by atoms with Crippen molar-refractivity contribution < 1.29 is 27.9 Å². The van der Waals surface area contributed by atoms with Crippen molar-refractivity contribution in [3.63, 3.8) is 0 Å². The first-order valence-corrected chi connectivity index (χ1v) is 11.9. The van der Waals surface area contributed by atoms with Gasteiger partial charge in [0.1, 0.15) is 17.7 Å². The van der Waals surface area contributed by atoms with Crippen LogP contribution in [0.3, 0.4) is 0 Å². The Balaban J connectivity index is 1.58. The molecule has 1 atom stereocenters. The molecular formula is C25H33F2N3O4. The fraction of sp³-hybridized carbons (Fsp3) is 0.640. The molecule has 9 heteroatoms. The third-order valence-corrected chi connectivity index (χ3v) is 8.04. The summed E-state index contributed by atoms with van der Waals surface area (Å²) >= 11 is 0. The highest BCUT2D eigenvalue weighted by Crippen LogP contribution is 2.48. The summed E-state index contributed by atoms with van der Waals surface area (Å²) in [6.45, 7) is 6.54. The van der Waals surface area contributed by atoms with Gasteiger partial charge >= 0.3 is 6.09 Å². The lowest BCUT2D eigenvalue weighted by atomic mass is 9.62. The SMILES string of the molecule is COC(=O)NC1(C(C)(C)C)CCC(c2c(F)cc3c(c2F)CCN3[C@@H]2CCC(=O)NC2=O)CC1. The monoisotopic (exact) mass is 477 g/mol. The molecule has 1 aliphatic carbocycles. The van der Waals surface area contributed by atoms with Crippen molar-refractivity contribution in [1.82, 2.24) is 10.6 Å². The van der Waals surface area contributed by atoms with Gasteiger partial charge in [-0.1, -0.05) is 20.8 Å². The van der Waals surface area contributed by atoms with E-state index in [2.05, 4.69) is 10.6 Å². The molecule has 2 aliphatic heterocycles. The van der Waals surface area contributed by atoms with Crippen molar-refractivity contribution in [1.29, 1.82) is 0 Å². The van der Waals surface area contributed by atoms with E-state index in [9.17, 15) is 14.4 Å². The Morgan fingerprint density at radius 2 is 1.85 bits per heavy atom. The minimum absolute atomic E-state index is 0.101. The molecule has 34 heavy (non-hydrogen) atoms. The maximum Gasteiger partial charge on any atom is 0.407 e. The van der Waals surface area contributed by atoms with Gasteiger partial charge < -0.3 is 15.0 Å². The van der Waals surface area contributed by atoms with Crippen molar-refractivity contribution in [3.05, 3.63) is 28.8 Å². The molecule has 7 nitrogen and oxygen atoms in total. The van der Waals surface area contributed by atoms with Crippen molar-refractivity contribution in [2.45, 2.75) is 83.2 Å². The van der Waals surface area contributed by atoms with Crippen LogP contribution in [0.5, 0.6) is 0 Å². The number of methoxy groups -OCH3 is 1. The minimum atomic E-state index is -0.607. The zero-order valence-corrected chi connectivity index (χ0v) is 20.2. The van der Waals surface area contributed by atoms with E-state index < -0.39 is 35.2 Å². The fourth-order valence-corrected chi connectivity index (χ4v) is 5.90. The summed E-state index contributed by atoms with van der Waals surface area (Å²) in [5.41, 5.74) is 0.151. The number of fused-ring (bicyclic) bond motifs is 1. The van der Waals surface area contributed by atoms with Crippen LogP contribution in [0.1, 0.15) is 76.3 Å². The van der Waals surface area contributed by atoms with Gasteiger partial charge in [-0.3, -0.25) is 14.9 Å². The van der Waals surface area contributed by atoms with Gasteiger partial charge in [0.05, 0.1) is 7.11 Å². The Hall–Kier alpha value is -2.71. The van der Waals surface area contributed by atoms with Crippen molar-refractivity contribution in [3.8, 4) is 0 Å². The largest absolute Gasteiger partial charge is 0.453 e. The second kappa shape index (κ2) is 8.82. The van der Waals surface area contributed by atoms with Crippen LogP contribution in [0.15, 0.2) is 6.07 Å². The van der Waals surface area contributed by atoms with Gasteiger partial charge in [-0.15, -0.1) is 0 Å². The summed E-state index contributed by atoms with van der Waals surface area (Å²) in [6.07, 6.45) is 2.65. The third kappa shape index (κ3) is 4.14. The topological polar surface area (TPSA) is 87.7 Å². The molecule has 2 N–H and O–H groups in total. The molecule has 1 aromatic rings. The van der Waals surface area contributed by atoms with E-state index >= 15 is 8.78 Å². The van der Waals surface area contributed by atoms with Gasteiger partial charge in [0.2, 0.25) is 11.8 Å². The van der Waals surface area contributed by atoms with Gasteiger partial charge in [0, 0.05) is 35.3 Å². The number of piperidine rings is 1. The summed E-state index contributed by atoms with van der Waals surface area (Å²) in [6, 6.07) is 0.748. The summed E-state index contributed by atoms with van der Waals surface area (Å²) in [4.78, 5) is 37.6. The average Bonchev–Trinajstić information content (AvgIpc) is 3.17. The van der Waals surface area contributed by atoms with Crippen LogP contribution in [0.2, 0.25) is 0 Å². The van der Waals surface area contributed by atoms with Crippen LogP contribution in [0.25, 0.3) is 0 Å². The summed E-state index contributed by atoms with van der Waals surface area (Å²) in [7, 11) is 1.32. The number of carbonyl (C=O) groups excluding carboxylic acids is 3. The average molecular weight is 478 g/mol. The number of amides is 3. The van der Waals surface area contributed by atoms with Crippen LogP contribution >= 0.6 is 0 Å². The molecule has 3 aliphatic rings. The lowest BCUT2D eigenvalue weighted by Crippen LogP contribution is -2.58. The molecule has 0 radical (unpaired) electrons. The molecular weight excluding hydrogens is 444 g/mol. The summed E-state index contributed by atoms with van der Waals surface area (Å²) in [5, 5.41) is 5.32. The number of carbonyl (C=O) groups is 3. The van der Waals surface area contributed by atoms with Crippen molar-refractivity contribution >= 4 is 23.6 Å². The highest BCUT2D eigenvalue weighted by atomic mass is 19.1. The van der Waals surface area contributed by atoms with E-state index in [-0.39, 0.29) is 29.2 Å². The van der Waals surface area contributed by atoms with E-state index in [1.807, 2.05) is 20.8 Å². The smallest absolute Gasteiger partial charge is 0.407 e. The molecule has 3 amide bonds. The number of halogens is 2. The molecule has 186 valence electrons. The van der Waals surface area contributed by atoms with Crippen LogP contribution in [0.4, 0.5) is 19.3 Å². The first kappa shape index (κ1) is 24.4. The van der Waals surface area contributed by atoms with E-state index in [1.165, 1.54) is 13.2 Å². The number of nitrogens with one attached hydrogen (secondary N) is 2. The Morgan fingerprint density at radius 3 is 2.44 bits per heavy atom. The van der Waals surface area contributed by atoms with Crippen LogP contribution in [-0.2, 0) is 20.7 Å². The molecule has 0 spiro atoms. The predicted octanol–water partition coefficient (Wildman–Crippen LogP) is 3.93. The number of nitrogens with zero attached hydrogens (tertiary/aromatic N) is 1. The number of rotatable bonds is 3. The number of imide groups is 1. The summed E-state index contributed by atoms with van der Waals surface area (Å²) < 4.78 is 35.9. The van der Waals surface area contributed by atoms with Crippen molar-refractivity contribution in [2.24, 2.45) is 5.41 Å². The standard InChI is InChI=1S/C25H33F2N3O4/c1-24(2,3)25(29-23(33)34-4)10-7-14(8-11-25)20-16(26)13-18-15(21(20)27)9-12-30(18)17-5-6-19(31)28-22(17)32/h13-14,17H,5-12H2,1-4H3,(H,29,33)(H,28,31,32)/t14?,17-,25?/m1/s1. The second-order valence-corrected chi connectivity index (χ2v) is 10.7. The van der Waals surface area contributed by atoms with Crippen LogP contribution < -0.4 is 15.5 Å². The quantitative estimate of drug-likeness (QED) is 0.644. The third-order valence-electron chi connectivity index (χ3n) is 8.04. The maximum absolute atomic E-state index is 15.7. The lowest BCUT2D eigenvalue weighted by Gasteiger charge is -2.49. The molecule has 1 saturated carbocycles. The molecule has 0 bridgehead atoms. The first-order valence-electron chi connectivity index (χ1n) is 11.9. The Labute approximate surface area is 198 Å². The predicted molar refractivity (Wildman–Crippen MR) is 123 cm³/mol. The minimum Gasteiger partial charge on any atom is -0.453 e. The molecule has 2 fully saturated rings. The number of hydrogen-bond donors (Lipinski definition) is 2.